The van der Waals surface area contributed by atoms with E-state index in [0.29, 0.717) is 12.5 Å². The van der Waals surface area contributed by atoms with E-state index in [9.17, 15) is 9.59 Å². The van der Waals surface area contributed by atoms with Gasteiger partial charge in [0.25, 0.3) is 0 Å². The summed E-state index contributed by atoms with van der Waals surface area (Å²) in [4.78, 5) is 22.6. The van der Waals surface area contributed by atoms with Crippen molar-refractivity contribution in [2.45, 2.75) is 52.0 Å². The molecule has 0 spiro atoms. The first kappa shape index (κ1) is 14.8. The molecule has 0 radical (unpaired) electrons. The Hall–Kier alpha value is -1.26. The van der Waals surface area contributed by atoms with Crippen LogP contribution in [0.5, 0.6) is 0 Å². The van der Waals surface area contributed by atoms with Crippen molar-refractivity contribution in [2.75, 3.05) is 6.54 Å². The third-order valence-electron chi connectivity index (χ3n) is 3.50. The molecule has 18 heavy (non-hydrogen) atoms. The summed E-state index contributed by atoms with van der Waals surface area (Å²) in [6, 6.07) is -1.20. The fourth-order valence-electron chi connectivity index (χ4n) is 2.33. The molecule has 0 bridgehead atoms. The van der Waals surface area contributed by atoms with Crippen LogP contribution in [0.2, 0.25) is 0 Å². The zero-order valence-electron chi connectivity index (χ0n) is 11.2. The van der Waals surface area contributed by atoms with Crippen molar-refractivity contribution in [1.29, 1.82) is 0 Å². The molecule has 1 fully saturated rings. The quantitative estimate of drug-likeness (QED) is 0.703. The number of hydrogen-bond acceptors (Lipinski definition) is 2. The Kier molecular flexibility index (Phi) is 5.95. The average Bonchev–Trinajstić information content (AvgIpc) is 2.34. The number of nitrogens with one attached hydrogen (secondary N) is 2. The Morgan fingerprint density at radius 2 is 1.83 bits per heavy atom. The van der Waals surface area contributed by atoms with Crippen LogP contribution in [0.3, 0.4) is 0 Å². The summed E-state index contributed by atoms with van der Waals surface area (Å²) in [6.07, 6.45) is 6.08. The first-order valence-corrected chi connectivity index (χ1v) is 6.78. The second-order valence-electron chi connectivity index (χ2n) is 5.42. The first-order valence-electron chi connectivity index (χ1n) is 6.78. The summed E-state index contributed by atoms with van der Waals surface area (Å²) in [5.74, 6) is -0.562. The fourth-order valence-corrected chi connectivity index (χ4v) is 2.33. The SMILES string of the molecule is CC(C)C(NC(=O)NCC1CCCCC1)C(=O)O. The van der Waals surface area contributed by atoms with E-state index >= 15 is 0 Å². The van der Waals surface area contributed by atoms with E-state index in [1.807, 2.05) is 0 Å². The molecule has 0 heterocycles. The Bertz CT molecular complexity index is 286. The third kappa shape index (κ3) is 4.94. The minimum absolute atomic E-state index is 0.122. The number of carboxylic acids is 1. The lowest BCUT2D eigenvalue weighted by molar-refractivity contribution is -0.140. The van der Waals surface area contributed by atoms with Crippen LogP contribution in [0.4, 0.5) is 4.79 Å². The molecule has 1 unspecified atom stereocenters. The standard InChI is InChI=1S/C13H24N2O3/c1-9(2)11(12(16)17)15-13(18)14-8-10-6-4-3-5-7-10/h9-11H,3-8H2,1-2H3,(H,16,17)(H2,14,15,18). The molecule has 104 valence electrons. The molecule has 5 nitrogen and oxygen atoms in total. The summed E-state index contributed by atoms with van der Waals surface area (Å²) in [7, 11) is 0. The van der Waals surface area contributed by atoms with Crippen LogP contribution in [0.15, 0.2) is 0 Å². The molecule has 2 amide bonds. The predicted octanol–water partition coefficient (Wildman–Crippen LogP) is 1.98. The maximum Gasteiger partial charge on any atom is 0.326 e. The molecule has 0 aromatic carbocycles. The van der Waals surface area contributed by atoms with E-state index in [1.54, 1.807) is 13.8 Å². The van der Waals surface area contributed by atoms with Gasteiger partial charge in [-0.1, -0.05) is 33.1 Å². The van der Waals surface area contributed by atoms with Gasteiger partial charge >= 0.3 is 12.0 Å². The number of carbonyl (C=O) groups is 2. The second kappa shape index (κ2) is 7.24. The molecule has 1 saturated carbocycles. The van der Waals surface area contributed by atoms with Gasteiger partial charge in [-0.05, 0) is 24.7 Å². The summed E-state index contributed by atoms with van der Waals surface area (Å²) in [6.45, 7) is 4.21. The predicted molar refractivity (Wildman–Crippen MR) is 69.4 cm³/mol. The molecule has 0 aromatic rings. The van der Waals surface area contributed by atoms with Crippen molar-refractivity contribution in [2.24, 2.45) is 11.8 Å². The van der Waals surface area contributed by atoms with Crippen molar-refractivity contribution >= 4 is 12.0 Å². The molecule has 1 aliphatic rings. The van der Waals surface area contributed by atoms with Gasteiger partial charge in [-0.15, -0.1) is 0 Å². The third-order valence-corrected chi connectivity index (χ3v) is 3.50. The highest BCUT2D eigenvalue weighted by Gasteiger charge is 2.23. The molecule has 1 rings (SSSR count). The van der Waals surface area contributed by atoms with E-state index in [1.165, 1.54) is 19.3 Å². The summed E-state index contributed by atoms with van der Waals surface area (Å²) in [5, 5.41) is 14.3. The van der Waals surface area contributed by atoms with Crippen LogP contribution in [0, 0.1) is 11.8 Å². The van der Waals surface area contributed by atoms with Crippen molar-refractivity contribution in [3.63, 3.8) is 0 Å². The number of carbonyl (C=O) groups excluding carboxylic acids is 1. The highest BCUT2D eigenvalue weighted by atomic mass is 16.4. The van der Waals surface area contributed by atoms with Crippen LogP contribution in [-0.2, 0) is 4.79 Å². The molecule has 0 aliphatic heterocycles. The first-order chi connectivity index (χ1) is 8.50. The molecule has 3 N–H and O–H groups in total. The van der Waals surface area contributed by atoms with E-state index in [2.05, 4.69) is 10.6 Å². The lowest BCUT2D eigenvalue weighted by Crippen LogP contribution is -2.49. The highest BCUT2D eigenvalue weighted by Crippen LogP contribution is 2.22. The van der Waals surface area contributed by atoms with Crippen molar-refractivity contribution < 1.29 is 14.7 Å². The van der Waals surface area contributed by atoms with Crippen LogP contribution >= 0.6 is 0 Å². The van der Waals surface area contributed by atoms with Gasteiger partial charge in [0.2, 0.25) is 0 Å². The van der Waals surface area contributed by atoms with Crippen molar-refractivity contribution in [1.82, 2.24) is 10.6 Å². The molecule has 5 heteroatoms. The minimum atomic E-state index is -0.988. The average molecular weight is 256 g/mol. The molecule has 0 aromatic heterocycles. The van der Waals surface area contributed by atoms with Crippen LogP contribution in [-0.4, -0.2) is 29.7 Å². The van der Waals surface area contributed by atoms with Crippen LogP contribution < -0.4 is 10.6 Å². The van der Waals surface area contributed by atoms with Gasteiger partial charge in [0, 0.05) is 6.54 Å². The monoisotopic (exact) mass is 256 g/mol. The largest absolute Gasteiger partial charge is 0.480 e. The number of amides is 2. The Labute approximate surface area is 108 Å². The zero-order valence-corrected chi connectivity index (χ0v) is 11.2. The molecule has 1 atom stereocenters. The Balaban J connectivity index is 2.29. The molecular weight excluding hydrogens is 232 g/mol. The Morgan fingerprint density at radius 1 is 1.22 bits per heavy atom. The molecule has 1 aliphatic carbocycles. The van der Waals surface area contributed by atoms with Crippen LogP contribution in [0.1, 0.15) is 46.0 Å². The second-order valence-corrected chi connectivity index (χ2v) is 5.42. The summed E-state index contributed by atoms with van der Waals surface area (Å²) < 4.78 is 0. The zero-order chi connectivity index (χ0) is 13.5. The van der Waals surface area contributed by atoms with Gasteiger partial charge < -0.3 is 15.7 Å². The topological polar surface area (TPSA) is 78.4 Å². The lowest BCUT2D eigenvalue weighted by Gasteiger charge is -2.23. The van der Waals surface area contributed by atoms with Crippen molar-refractivity contribution in [3.05, 3.63) is 0 Å². The summed E-state index contributed by atoms with van der Waals surface area (Å²) in [5.41, 5.74) is 0. The van der Waals surface area contributed by atoms with Crippen LogP contribution in [0.25, 0.3) is 0 Å². The smallest absolute Gasteiger partial charge is 0.326 e. The number of carboxylic acid groups (broad SMARTS) is 1. The van der Waals surface area contributed by atoms with Gasteiger partial charge in [-0.2, -0.15) is 0 Å². The molecular formula is C13H24N2O3. The number of hydrogen-bond donors (Lipinski definition) is 3. The number of urea groups is 1. The lowest BCUT2D eigenvalue weighted by atomic mass is 9.89. The number of aliphatic carboxylic acids is 1. The maximum absolute atomic E-state index is 11.6. The normalized spacial score (nSPS) is 18.4. The van der Waals surface area contributed by atoms with Gasteiger partial charge in [0.05, 0.1) is 0 Å². The fraction of sp³-hybridized carbons (Fsp3) is 0.846. The van der Waals surface area contributed by atoms with Gasteiger partial charge in [0.15, 0.2) is 0 Å². The van der Waals surface area contributed by atoms with E-state index in [-0.39, 0.29) is 11.9 Å². The van der Waals surface area contributed by atoms with Gasteiger partial charge in [-0.3, -0.25) is 0 Å². The van der Waals surface area contributed by atoms with E-state index in [4.69, 9.17) is 5.11 Å². The Morgan fingerprint density at radius 3 is 2.33 bits per heavy atom. The summed E-state index contributed by atoms with van der Waals surface area (Å²) >= 11 is 0. The van der Waals surface area contributed by atoms with Gasteiger partial charge in [0.1, 0.15) is 6.04 Å². The minimum Gasteiger partial charge on any atom is -0.480 e. The van der Waals surface area contributed by atoms with Gasteiger partial charge in [-0.25, -0.2) is 9.59 Å². The molecule has 0 saturated heterocycles. The highest BCUT2D eigenvalue weighted by molar-refractivity contribution is 5.82. The number of rotatable bonds is 5. The van der Waals surface area contributed by atoms with E-state index < -0.39 is 12.0 Å². The van der Waals surface area contributed by atoms with E-state index in [0.717, 1.165) is 12.8 Å². The van der Waals surface area contributed by atoms with Crippen molar-refractivity contribution in [3.8, 4) is 0 Å². The maximum atomic E-state index is 11.6.